The second kappa shape index (κ2) is 5.01. The van der Waals surface area contributed by atoms with Crippen LogP contribution in [0.15, 0.2) is 16.7 Å². The van der Waals surface area contributed by atoms with E-state index in [0.29, 0.717) is 17.6 Å². The minimum Gasteiger partial charge on any atom is -0.396 e. The number of nitrogens with zero attached hydrogens (tertiary/aromatic N) is 1. The zero-order valence-corrected chi connectivity index (χ0v) is 10.8. The fourth-order valence-corrected chi connectivity index (χ4v) is 2.21. The van der Waals surface area contributed by atoms with Gasteiger partial charge in [-0.15, -0.1) is 0 Å². The molecule has 4 nitrogen and oxygen atoms in total. The molecule has 0 saturated carbocycles. The largest absolute Gasteiger partial charge is 0.396 e. The second-order valence-electron chi connectivity index (χ2n) is 4.15. The molecular formula is C11H16BrN3O. The first kappa shape index (κ1) is 11.7. The van der Waals surface area contributed by atoms with Crippen molar-refractivity contribution in [3.05, 3.63) is 16.7 Å². The number of rotatable bonds is 3. The van der Waals surface area contributed by atoms with Gasteiger partial charge in [-0.3, -0.25) is 0 Å². The first-order chi connectivity index (χ1) is 7.66. The number of ether oxygens (including phenoxy) is 1. The van der Waals surface area contributed by atoms with E-state index >= 15 is 0 Å². The number of hydrogen-bond acceptors (Lipinski definition) is 4. The van der Waals surface area contributed by atoms with Gasteiger partial charge in [-0.25, -0.2) is 4.98 Å². The standard InChI is InChI=1S/C11H16BrN3O/c1-7(8-2-3-16-6-8)15-11-10(13)4-9(12)5-14-11/h4-5,7-8H,2-3,6,13H2,1H3,(H,14,15). The monoisotopic (exact) mass is 285 g/mol. The molecule has 1 saturated heterocycles. The van der Waals surface area contributed by atoms with Crippen LogP contribution in [0.2, 0.25) is 0 Å². The summed E-state index contributed by atoms with van der Waals surface area (Å²) in [7, 11) is 0. The highest BCUT2D eigenvalue weighted by molar-refractivity contribution is 9.10. The number of anilines is 2. The van der Waals surface area contributed by atoms with Crippen molar-refractivity contribution in [3.63, 3.8) is 0 Å². The van der Waals surface area contributed by atoms with Crippen LogP contribution in [0.1, 0.15) is 13.3 Å². The molecule has 0 aliphatic carbocycles. The lowest BCUT2D eigenvalue weighted by atomic mass is 10.0. The summed E-state index contributed by atoms with van der Waals surface area (Å²) in [5, 5.41) is 3.34. The molecule has 1 aliphatic rings. The number of pyridine rings is 1. The minimum absolute atomic E-state index is 0.332. The summed E-state index contributed by atoms with van der Waals surface area (Å²) in [5.41, 5.74) is 6.55. The molecule has 88 valence electrons. The number of hydrogen-bond donors (Lipinski definition) is 2. The van der Waals surface area contributed by atoms with Crippen molar-refractivity contribution in [2.45, 2.75) is 19.4 Å². The highest BCUT2D eigenvalue weighted by atomic mass is 79.9. The molecule has 0 aromatic carbocycles. The molecule has 1 aromatic heterocycles. The maximum Gasteiger partial charge on any atom is 0.149 e. The van der Waals surface area contributed by atoms with E-state index in [1.54, 1.807) is 6.20 Å². The molecule has 1 fully saturated rings. The van der Waals surface area contributed by atoms with Gasteiger partial charge in [0, 0.05) is 29.2 Å². The maximum atomic E-state index is 5.88. The molecule has 1 aromatic rings. The summed E-state index contributed by atoms with van der Waals surface area (Å²) in [6.07, 6.45) is 2.85. The van der Waals surface area contributed by atoms with Gasteiger partial charge in [-0.1, -0.05) is 0 Å². The van der Waals surface area contributed by atoms with E-state index in [1.807, 2.05) is 6.07 Å². The van der Waals surface area contributed by atoms with E-state index in [2.05, 4.69) is 33.2 Å². The van der Waals surface area contributed by atoms with Gasteiger partial charge in [0.25, 0.3) is 0 Å². The second-order valence-corrected chi connectivity index (χ2v) is 5.06. The van der Waals surface area contributed by atoms with Gasteiger partial charge in [-0.05, 0) is 35.3 Å². The molecule has 0 spiro atoms. The maximum absolute atomic E-state index is 5.88. The lowest BCUT2D eigenvalue weighted by molar-refractivity contribution is 0.183. The third kappa shape index (κ3) is 2.65. The molecule has 2 unspecified atom stereocenters. The highest BCUT2D eigenvalue weighted by Gasteiger charge is 2.22. The Hall–Kier alpha value is -0.810. The number of nitrogens with one attached hydrogen (secondary N) is 1. The van der Waals surface area contributed by atoms with Gasteiger partial charge in [-0.2, -0.15) is 0 Å². The summed E-state index contributed by atoms with van der Waals surface area (Å²) in [4.78, 5) is 4.27. The molecule has 5 heteroatoms. The van der Waals surface area contributed by atoms with Crippen LogP contribution in [-0.4, -0.2) is 24.2 Å². The Bertz CT molecular complexity index is 366. The van der Waals surface area contributed by atoms with Crippen LogP contribution in [-0.2, 0) is 4.74 Å². The predicted molar refractivity (Wildman–Crippen MR) is 68.4 cm³/mol. The van der Waals surface area contributed by atoms with Crippen molar-refractivity contribution in [1.82, 2.24) is 4.98 Å². The number of halogens is 1. The van der Waals surface area contributed by atoms with Crippen LogP contribution in [0.4, 0.5) is 11.5 Å². The molecule has 2 rings (SSSR count). The van der Waals surface area contributed by atoms with Crippen LogP contribution in [0.3, 0.4) is 0 Å². The summed E-state index contributed by atoms with van der Waals surface area (Å²) in [6, 6.07) is 2.19. The third-order valence-electron chi connectivity index (χ3n) is 2.92. The van der Waals surface area contributed by atoms with Crippen molar-refractivity contribution in [2.75, 3.05) is 24.3 Å². The Morgan fingerprint density at radius 3 is 3.12 bits per heavy atom. The van der Waals surface area contributed by atoms with Crippen molar-refractivity contribution < 1.29 is 4.74 Å². The van der Waals surface area contributed by atoms with Gasteiger partial charge < -0.3 is 15.8 Å². The van der Waals surface area contributed by atoms with E-state index in [-0.39, 0.29) is 0 Å². The molecule has 1 aliphatic heterocycles. The van der Waals surface area contributed by atoms with Crippen molar-refractivity contribution in [1.29, 1.82) is 0 Å². The number of aromatic nitrogens is 1. The predicted octanol–water partition coefficient (Wildman–Crippen LogP) is 2.26. The third-order valence-corrected chi connectivity index (χ3v) is 3.35. The molecule has 3 N–H and O–H groups in total. The Morgan fingerprint density at radius 2 is 2.50 bits per heavy atom. The van der Waals surface area contributed by atoms with Crippen LogP contribution in [0, 0.1) is 5.92 Å². The number of nitrogen functional groups attached to an aromatic ring is 1. The minimum atomic E-state index is 0.332. The summed E-state index contributed by atoms with van der Waals surface area (Å²) in [6.45, 7) is 3.83. The van der Waals surface area contributed by atoms with Crippen LogP contribution in [0.25, 0.3) is 0 Å². The van der Waals surface area contributed by atoms with Crippen LogP contribution in [0.5, 0.6) is 0 Å². The molecule has 16 heavy (non-hydrogen) atoms. The van der Waals surface area contributed by atoms with Gasteiger partial charge in [0.2, 0.25) is 0 Å². The van der Waals surface area contributed by atoms with Crippen molar-refractivity contribution >= 4 is 27.4 Å². The fraction of sp³-hybridized carbons (Fsp3) is 0.545. The van der Waals surface area contributed by atoms with Crippen molar-refractivity contribution in [2.24, 2.45) is 5.92 Å². The Kier molecular flexibility index (Phi) is 3.66. The quantitative estimate of drug-likeness (QED) is 0.894. The molecule has 0 amide bonds. The zero-order chi connectivity index (χ0) is 11.5. The lowest BCUT2D eigenvalue weighted by Gasteiger charge is -2.20. The topological polar surface area (TPSA) is 60.2 Å². The van der Waals surface area contributed by atoms with Gasteiger partial charge in [0.15, 0.2) is 0 Å². The zero-order valence-electron chi connectivity index (χ0n) is 9.24. The molecule has 2 atom stereocenters. The van der Waals surface area contributed by atoms with E-state index in [1.165, 1.54) is 0 Å². The lowest BCUT2D eigenvalue weighted by Crippen LogP contribution is -2.27. The first-order valence-electron chi connectivity index (χ1n) is 5.42. The van der Waals surface area contributed by atoms with Gasteiger partial charge >= 0.3 is 0 Å². The average Bonchev–Trinajstić information content (AvgIpc) is 2.75. The Labute approximate surface area is 104 Å². The number of nitrogens with two attached hydrogens (primary N) is 1. The van der Waals surface area contributed by atoms with E-state index < -0.39 is 0 Å². The summed E-state index contributed by atoms with van der Waals surface area (Å²) in [5.74, 6) is 1.30. The van der Waals surface area contributed by atoms with Gasteiger partial charge in [0.05, 0.1) is 12.3 Å². The average molecular weight is 286 g/mol. The molecule has 0 radical (unpaired) electrons. The first-order valence-corrected chi connectivity index (χ1v) is 6.21. The smallest absolute Gasteiger partial charge is 0.149 e. The fourth-order valence-electron chi connectivity index (χ4n) is 1.86. The van der Waals surface area contributed by atoms with E-state index in [4.69, 9.17) is 10.5 Å². The van der Waals surface area contributed by atoms with E-state index in [9.17, 15) is 0 Å². The normalized spacial score (nSPS) is 22.0. The highest BCUT2D eigenvalue weighted by Crippen LogP contribution is 2.24. The molecular weight excluding hydrogens is 270 g/mol. The molecule has 2 heterocycles. The Morgan fingerprint density at radius 1 is 1.69 bits per heavy atom. The van der Waals surface area contributed by atoms with E-state index in [0.717, 1.165) is 29.9 Å². The van der Waals surface area contributed by atoms with Crippen LogP contribution < -0.4 is 11.1 Å². The Balaban J connectivity index is 2.02. The van der Waals surface area contributed by atoms with Crippen molar-refractivity contribution in [3.8, 4) is 0 Å². The SMILES string of the molecule is CC(Nc1ncc(Br)cc1N)C1CCOC1. The van der Waals surface area contributed by atoms with Crippen LogP contribution >= 0.6 is 15.9 Å². The molecule has 0 bridgehead atoms. The van der Waals surface area contributed by atoms with Gasteiger partial charge in [0.1, 0.15) is 5.82 Å². The summed E-state index contributed by atoms with van der Waals surface area (Å²) >= 11 is 3.34. The summed E-state index contributed by atoms with van der Waals surface area (Å²) < 4.78 is 6.26.